The third-order valence-electron chi connectivity index (χ3n) is 3.98. The van der Waals surface area contributed by atoms with Crippen molar-refractivity contribution in [3.8, 4) is 22.9 Å². The van der Waals surface area contributed by atoms with Gasteiger partial charge in [0.05, 0.1) is 14.2 Å². The second-order valence-electron chi connectivity index (χ2n) is 5.28. The highest BCUT2D eigenvalue weighted by Gasteiger charge is 2.22. The fourth-order valence-corrected chi connectivity index (χ4v) is 2.53. The number of benzene rings is 1. The van der Waals surface area contributed by atoms with Crippen LogP contribution >= 0.6 is 0 Å². The summed E-state index contributed by atoms with van der Waals surface area (Å²) in [7, 11) is 3.17. The zero-order valence-electron chi connectivity index (χ0n) is 12.2. The van der Waals surface area contributed by atoms with Crippen molar-refractivity contribution in [3.05, 3.63) is 12.1 Å². The van der Waals surface area contributed by atoms with Crippen LogP contribution in [0, 0.1) is 5.92 Å². The van der Waals surface area contributed by atoms with Crippen LogP contribution in [0.15, 0.2) is 12.1 Å². The number of nitrogens with two attached hydrogens (primary N) is 1. The first-order valence-electron chi connectivity index (χ1n) is 7.01. The van der Waals surface area contributed by atoms with Gasteiger partial charge in [0.25, 0.3) is 0 Å². The Morgan fingerprint density at radius 1 is 1.24 bits per heavy atom. The second-order valence-corrected chi connectivity index (χ2v) is 5.28. The van der Waals surface area contributed by atoms with Crippen molar-refractivity contribution in [2.45, 2.75) is 25.8 Å². The number of nitrogen functional groups attached to an aromatic ring is 1. The van der Waals surface area contributed by atoms with Crippen LogP contribution in [0.5, 0.6) is 11.5 Å². The molecular weight excluding hydrogens is 270 g/mol. The van der Waals surface area contributed by atoms with E-state index in [0.717, 1.165) is 12.1 Å². The molecule has 0 saturated heterocycles. The van der Waals surface area contributed by atoms with Crippen molar-refractivity contribution in [2.75, 3.05) is 20.0 Å². The van der Waals surface area contributed by atoms with E-state index in [1.54, 1.807) is 20.3 Å². The van der Waals surface area contributed by atoms with E-state index >= 15 is 0 Å². The summed E-state index contributed by atoms with van der Waals surface area (Å²) in [5.74, 6) is 2.53. The molecule has 112 valence electrons. The molecule has 1 aromatic carbocycles. The number of tetrazole rings is 1. The number of methoxy groups -OCH3 is 2. The van der Waals surface area contributed by atoms with Crippen molar-refractivity contribution in [3.63, 3.8) is 0 Å². The van der Waals surface area contributed by atoms with Gasteiger partial charge in [-0.1, -0.05) is 6.42 Å². The van der Waals surface area contributed by atoms with Gasteiger partial charge in [-0.25, -0.2) is 4.68 Å². The average Bonchev–Trinajstić information content (AvgIpc) is 2.90. The SMILES string of the molecule is COc1cc(N)c(-c2nnnn2CC2CCC2)cc1OC. The Balaban J connectivity index is 1.98. The Morgan fingerprint density at radius 2 is 1.95 bits per heavy atom. The van der Waals surface area contributed by atoms with Gasteiger partial charge in [-0.2, -0.15) is 0 Å². The minimum atomic E-state index is 0.567. The van der Waals surface area contributed by atoms with E-state index in [-0.39, 0.29) is 0 Å². The lowest BCUT2D eigenvalue weighted by molar-refractivity contribution is 0.265. The van der Waals surface area contributed by atoms with Crippen molar-refractivity contribution in [1.29, 1.82) is 0 Å². The van der Waals surface area contributed by atoms with Gasteiger partial charge < -0.3 is 15.2 Å². The summed E-state index contributed by atoms with van der Waals surface area (Å²) < 4.78 is 12.4. The van der Waals surface area contributed by atoms with E-state index < -0.39 is 0 Å². The van der Waals surface area contributed by atoms with Gasteiger partial charge in [0, 0.05) is 23.9 Å². The highest BCUT2D eigenvalue weighted by atomic mass is 16.5. The van der Waals surface area contributed by atoms with E-state index in [1.165, 1.54) is 19.3 Å². The molecule has 1 aromatic heterocycles. The smallest absolute Gasteiger partial charge is 0.184 e. The zero-order chi connectivity index (χ0) is 14.8. The number of aromatic nitrogens is 4. The first-order valence-corrected chi connectivity index (χ1v) is 7.01. The predicted octanol–water partition coefficient (Wildman–Crippen LogP) is 1.74. The quantitative estimate of drug-likeness (QED) is 0.843. The maximum absolute atomic E-state index is 6.11. The highest BCUT2D eigenvalue weighted by molar-refractivity contribution is 5.75. The molecule has 0 bridgehead atoms. The second kappa shape index (κ2) is 5.59. The maximum atomic E-state index is 6.11. The van der Waals surface area contributed by atoms with Crippen LogP contribution in [-0.4, -0.2) is 34.4 Å². The molecule has 1 heterocycles. The molecule has 21 heavy (non-hydrogen) atoms. The molecule has 2 aromatic rings. The zero-order valence-corrected chi connectivity index (χ0v) is 12.2. The van der Waals surface area contributed by atoms with Gasteiger partial charge in [0.2, 0.25) is 0 Å². The van der Waals surface area contributed by atoms with E-state index in [2.05, 4.69) is 15.5 Å². The molecule has 2 N–H and O–H groups in total. The normalized spacial score (nSPS) is 14.8. The molecule has 0 aliphatic heterocycles. The molecule has 1 aliphatic carbocycles. The molecule has 0 atom stereocenters. The Kier molecular flexibility index (Phi) is 3.64. The van der Waals surface area contributed by atoms with E-state index in [9.17, 15) is 0 Å². The molecule has 1 aliphatic rings. The molecule has 0 amide bonds. The van der Waals surface area contributed by atoms with Gasteiger partial charge in [0.15, 0.2) is 17.3 Å². The molecule has 7 nitrogen and oxygen atoms in total. The number of hydrogen-bond donors (Lipinski definition) is 1. The number of ether oxygens (including phenoxy) is 2. The lowest BCUT2D eigenvalue weighted by Gasteiger charge is -2.25. The molecule has 1 fully saturated rings. The predicted molar refractivity (Wildman–Crippen MR) is 78.1 cm³/mol. The van der Waals surface area contributed by atoms with Crippen LogP contribution in [0.25, 0.3) is 11.4 Å². The largest absolute Gasteiger partial charge is 0.493 e. The maximum Gasteiger partial charge on any atom is 0.184 e. The van der Waals surface area contributed by atoms with Gasteiger partial charge in [-0.3, -0.25) is 0 Å². The third-order valence-corrected chi connectivity index (χ3v) is 3.98. The van der Waals surface area contributed by atoms with Gasteiger partial charge >= 0.3 is 0 Å². The summed E-state index contributed by atoms with van der Waals surface area (Å²) in [6.07, 6.45) is 3.77. The van der Waals surface area contributed by atoms with Gasteiger partial charge in [-0.05, 0) is 35.3 Å². The van der Waals surface area contributed by atoms with Crippen LogP contribution in [0.1, 0.15) is 19.3 Å². The fourth-order valence-electron chi connectivity index (χ4n) is 2.53. The fraction of sp³-hybridized carbons (Fsp3) is 0.500. The number of hydrogen-bond acceptors (Lipinski definition) is 6. The van der Waals surface area contributed by atoms with Crippen molar-refractivity contribution in [1.82, 2.24) is 20.2 Å². The molecule has 0 unspecified atom stereocenters. The van der Waals surface area contributed by atoms with Crippen LogP contribution in [0.4, 0.5) is 5.69 Å². The van der Waals surface area contributed by atoms with Gasteiger partial charge in [-0.15, -0.1) is 5.10 Å². The van der Waals surface area contributed by atoms with Crippen molar-refractivity contribution < 1.29 is 9.47 Å². The summed E-state index contributed by atoms with van der Waals surface area (Å²) in [6, 6.07) is 3.55. The van der Waals surface area contributed by atoms with Crippen LogP contribution in [0.3, 0.4) is 0 Å². The molecule has 3 rings (SSSR count). The third kappa shape index (κ3) is 2.51. The Hall–Kier alpha value is -2.31. The van der Waals surface area contributed by atoms with E-state index in [0.29, 0.717) is 28.9 Å². The first-order chi connectivity index (χ1) is 10.2. The van der Waals surface area contributed by atoms with Crippen molar-refractivity contribution in [2.24, 2.45) is 5.92 Å². The summed E-state index contributed by atoms with van der Waals surface area (Å²) >= 11 is 0. The Bertz CT molecular complexity index is 636. The lowest BCUT2D eigenvalue weighted by Crippen LogP contribution is -2.19. The summed E-state index contributed by atoms with van der Waals surface area (Å²) in [6.45, 7) is 0.829. The lowest BCUT2D eigenvalue weighted by atomic mass is 9.85. The van der Waals surface area contributed by atoms with Crippen molar-refractivity contribution >= 4 is 5.69 Å². The monoisotopic (exact) mass is 289 g/mol. The van der Waals surface area contributed by atoms with Gasteiger partial charge in [0.1, 0.15) is 0 Å². The molecule has 1 saturated carbocycles. The summed E-state index contributed by atoms with van der Waals surface area (Å²) in [4.78, 5) is 0. The highest BCUT2D eigenvalue weighted by Crippen LogP contribution is 2.37. The van der Waals surface area contributed by atoms with E-state index in [1.807, 2.05) is 10.7 Å². The minimum Gasteiger partial charge on any atom is -0.493 e. The average molecular weight is 289 g/mol. The van der Waals surface area contributed by atoms with Crippen LogP contribution in [0.2, 0.25) is 0 Å². The first kappa shape index (κ1) is 13.7. The van der Waals surface area contributed by atoms with Crippen LogP contribution < -0.4 is 15.2 Å². The molecule has 0 spiro atoms. The molecule has 0 radical (unpaired) electrons. The molecule has 7 heteroatoms. The number of rotatable bonds is 5. The minimum absolute atomic E-state index is 0.567. The standard InChI is InChI=1S/C14H19N5O2/c1-20-12-6-10(11(15)7-13(12)21-2)14-16-17-18-19(14)8-9-4-3-5-9/h6-7,9H,3-5,8,15H2,1-2H3. The number of anilines is 1. The summed E-state index contributed by atoms with van der Waals surface area (Å²) in [5.41, 5.74) is 7.44. The Labute approximate surface area is 123 Å². The summed E-state index contributed by atoms with van der Waals surface area (Å²) in [5, 5.41) is 12.0. The number of nitrogens with zero attached hydrogens (tertiary/aromatic N) is 4. The Morgan fingerprint density at radius 3 is 2.57 bits per heavy atom. The molecular formula is C14H19N5O2. The van der Waals surface area contributed by atoms with Crippen LogP contribution in [-0.2, 0) is 6.54 Å². The topological polar surface area (TPSA) is 88.1 Å². The van der Waals surface area contributed by atoms with E-state index in [4.69, 9.17) is 15.2 Å².